The van der Waals surface area contributed by atoms with Crippen LogP contribution in [-0.4, -0.2) is 51.8 Å². The van der Waals surface area contributed by atoms with E-state index in [0.717, 1.165) is 19.4 Å². The highest BCUT2D eigenvalue weighted by atomic mass is 16.6. The monoisotopic (exact) mass is 376 g/mol. The van der Waals surface area contributed by atoms with Crippen molar-refractivity contribution in [2.24, 2.45) is 17.8 Å². The minimum atomic E-state index is -2.29. The third-order valence-corrected chi connectivity index (χ3v) is 6.11. The molecular formula is C20H24O7. The SMILES string of the molecule is C=C1C(=O)O[C@@H]2[C@H]3C(=C)[C@@H](O)C[C@H]3C(=C)C[C@@H](OC(=O)[C@](C)(O)C(C)=O)[C@@H]12. The summed E-state index contributed by atoms with van der Waals surface area (Å²) >= 11 is 0. The van der Waals surface area contributed by atoms with E-state index in [-0.39, 0.29) is 23.8 Å². The van der Waals surface area contributed by atoms with Gasteiger partial charge in [-0.25, -0.2) is 9.59 Å². The van der Waals surface area contributed by atoms with Crippen LogP contribution in [0.5, 0.6) is 0 Å². The van der Waals surface area contributed by atoms with E-state index in [1.165, 1.54) is 0 Å². The van der Waals surface area contributed by atoms with Gasteiger partial charge in [0.25, 0.3) is 0 Å². The van der Waals surface area contributed by atoms with Crippen LogP contribution in [0.1, 0.15) is 26.7 Å². The fourth-order valence-electron chi connectivity index (χ4n) is 4.27. The number of fused-ring (bicyclic) bond motifs is 3. The van der Waals surface area contributed by atoms with Gasteiger partial charge >= 0.3 is 11.9 Å². The molecule has 146 valence electrons. The molecule has 0 spiro atoms. The van der Waals surface area contributed by atoms with Crippen molar-refractivity contribution in [2.75, 3.05) is 0 Å². The molecule has 7 nitrogen and oxygen atoms in total. The summed E-state index contributed by atoms with van der Waals surface area (Å²) in [5.74, 6) is -3.62. The molecule has 1 aliphatic heterocycles. The van der Waals surface area contributed by atoms with Gasteiger partial charge in [-0.3, -0.25) is 4.79 Å². The number of ether oxygens (including phenoxy) is 2. The predicted octanol–water partition coefficient (Wildman–Crippen LogP) is 0.849. The van der Waals surface area contributed by atoms with Gasteiger partial charge in [0.1, 0.15) is 12.2 Å². The van der Waals surface area contributed by atoms with Crippen molar-refractivity contribution in [1.29, 1.82) is 0 Å². The Morgan fingerprint density at radius 2 is 1.89 bits per heavy atom. The van der Waals surface area contributed by atoms with Crippen LogP contribution < -0.4 is 0 Å². The molecular weight excluding hydrogens is 352 g/mol. The number of carbonyl (C=O) groups excluding carboxylic acids is 3. The van der Waals surface area contributed by atoms with E-state index in [2.05, 4.69) is 19.7 Å². The molecule has 1 saturated heterocycles. The normalized spacial score (nSPS) is 37.8. The topological polar surface area (TPSA) is 110 Å². The lowest BCUT2D eigenvalue weighted by molar-refractivity contribution is -0.175. The van der Waals surface area contributed by atoms with Crippen molar-refractivity contribution < 1.29 is 34.1 Å². The summed E-state index contributed by atoms with van der Waals surface area (Å²) in [7, 11) is 0. The summed E-state index contributed by atoms with van der Waals surface area (Å²) in [6, 6.07) is 0. The third kappa shape index (κ3) is 2.95. The number of carbonyl (C=O) groups is 3. The number of hydrogen-bond acceptors (Lipinski definition) is 7. The maximum absolute atomic E-state index is 12.4. The summed E-state index contributed by atoms with van der Waals surface area (Å²) in [6.07, 6.45) is -1.67. The number of aliphatic hydroxyl groups is 2. The number of esters is 2. The molecule has 1 heterocycles. The van der Waals surface area contributed by atoms with E-state index in [1.807, 2.05) is 0 Å². The molecule has 0 aromatic rings. The Kier molecular flexibility index (Phi) is 4.64. The molecule has 0 bridgehead atoms. The molecule has 0 amide bonds. The second kappa shape index (κ2) is 6.42. The third-order valence-electron chi connectivity index (χ3n) is 6.11. The van der Waals surface area contributed by atoms with Gasteiger partial charge in [0, 0.05) is 17.9 Å². The van der Waals surface area contributed by atoms with Crippen LogP contribution in [0, 0.1) is 17.8 Å². The Hall–Kier alpha value is -2.25. The minimum Gasteiger partial charge on any atom is -0.459 e. The van der Waals surface area contributed by atoms with Crippen molar-refractivity contribution in [3.05, 3.63) is 36.5 Å². The average Bonchev–Trinajstić information content (AvgIpc) is 2.99. The first-order chi connectivity index (χ1) is 12.5. The Balaban J connectivity index is 1.97. The standard InChI is InChI=1S/C20H24O7/c1-8-6-14(26-19(24)20(5,25)11(4)21)16-10(3)18(23)27-17(16)15-9(2)13(22)7-12(8)15/h12-17,22,25H,1-3,6-7H2,4-5H3/t12-,13-,14+,15-,16+,17+,20+/m0/s1. The van der Waals surface area contributed by atoms with Gasteiger partial charge in [0.2, 0.25) is 5.60 Å². The van der Waals surface area contributed by atoms with Crippen LogP contribution in [0.4, 0.5) is 0 Å². The number of ketones is 1. The number of Topliss-reactive ketones (excluding diaryl/α,β-unsaturated/α-hetero) is 1. The zero-order valence-corrected chi connectivity index (χ0v) is 15.4. The average molecular weight is 376 g/mol. The molecule has 0 unspecified atom stereocenters. The van der Waals surface area contributed by atoms with E-state index in [9.17, 15) is 24.6 Å². The Labute approximate surface area is 157 Å². The lowest BCUT2D eigenvalue weighted by atomic mass is 9.81. The maximum atomic E-state index is 12.4. The quantitative estimate of drug-likeness (QED) is 0.325. The van der Waals surface area contributed by atoms with Gasteiger partial charge in [0.15, 0.2) is 5.78 Å². The van der Waals surface area contributed by atoms with E-state index >= 15 is 0 Å². The van der Waals surface area contributed by atoms with Gasteiger partial charge < -0.3 is 19.7 Å². The van der Waals surface area contributed by atoms with Crippen LogP contribution in [0.15, 0.2) is 36.5 Å². The molecule has 2 saturated carbocycles. The Bertz CT molecular complexity index is 762. The summed E-state index contributed by atoms with van der Waals surface area (Å²) in [4.78, 5) is 36.1. The fraction of sp³-hybridized carbons (Fsp3) is 0.550. The fourth-order valence-corrected chi connectivity index (χ4v) is 4.27. The molecule has 0 aromatic heterocycles. The largest absolute Gasteiger partial charge is 0.459 e. The van der Waals surface area contributed by atoms with Gasteiger partial charge in [-0.2, -0.15) is 0 Å². The van der Waals surface area contributed by atoms with Gasteiger partial charge in [-0.15, -0.1) is 0 Å². The molecule has 2 aliphatic carbocycles. The first kappa shape index (κ1) is 19.5. The van der Waals surface area contributed by atoms with Gasteiger partial charge in [0.05, 0.1) is 12.0 Å². The molecule has 27 heavy (non-hydrogen) atoms. The molecule has 0 radical (unpaired) electrons. The van der Waals surface area contributed by atoms with Crippen molar-refractivity contribution in [1.82, 2.24) is 0 Å². The van der Waals surface area contributed by atoms with Gasteiger partial charge in [-0.1, -0.05) is 25.3 Å². The number of hydrogen-bond donors (Lipinski definition) is 2. The zero-order chi connectivity index (χ0) is 20.3. The van der Waals surface area contributed by atoms with Crippen LogP contribution in [0.3, 0.4) is 0 Å². The second-order valence-electron chi connectivity index (χ2n) is 7.81. The van der Waals surface area contributed by atoms with Gasteiger partial charge in [-0.05, 0) is 31.8 Å². The van der Waals surface area contributed by atoms with Crippen LogP contribution >= 0.6 is 0 Å². The lowest BCUT2D eigenvalue weighted by Crippen LogP contribution is -2.46. The maximum Gasteiger partial charge on any atom is 0.345 e. The van der Waals surface area contributed by atoms with Crippen LogP contribution in [-0.2, 0) is 23.9 Å². The van der Waals surface area contributed by atoms with Crippen molar-refractivity contribution in [3.63, 3.8) is 0 Å². The number of aliphatic hydroxyl groups excluding tert-OH is 1. The highest BCUT2D eigenvalue weighted by Crippen LogP contribution is 2.52. The first-order valence-corrected chi connectivity index (χ1v) is 8.85. The Morgan fingerprint density at radius 1 is 1.26 bits per heavy atom. The smallest absolute Gasteiger partial charge is 0.345 e. The Morgan fingerprint density at radius 3 is 2.48 bits per heavy atom. The molecule has 3 fully saturated rings. The van der Waals surface area contributed by atoms with E-state index in [0.29, 0.717) is 12.0 Å². The molecule has 7 atom stereocenters. The van der Waals surface area contributed by atoms with E-state index in [4.69, 9.17) is 9.47 Å². The molecule has 0 aromatic carbocycles. The van der Waals surface area contributed by atoms with E-state index in [1.54, 1.807) is 0 Å². The second-order valence-corrected chi connectivity index (χ2v) is 7.81. The summed E-state index contributed by atoms with van der Waals surface area (Å²) in [6.45, 7) is 14.0. The van der Waals surface area contributed by atoms with E-state index < -0.39 is 47.6 Å². The summed E-state index contributed by atoms with van der Waals surface area (Å²) in [5, 5.41) is 20.3. The summed E-state index contributed by atoms with van der Waals surface area (Å²) in [5.41, 5.74) is -0.843. The van der Waals surface area contributed by atoms with Crippen molar-refractivity contribution in [2.45, 2.75) is 50.6 Å². The van der Waals surface area contributed by atoms with Crippen LogP contribution in [0.2, 0.25) is 0 Å². The first-order valence-electron chi connectivity index (χ1n) is 8.85. The predicted molar refractivity (Wildman–Crippen MR) is 94.2 cm³/mol. The molecule has 3 rings (SSSR count). The highest BCUT2D eigenvalue weighted by molar-refractivity contribution is 6.05. The molecule has 7 heteroatoms. The zero-order valence-electron chi connectivity index (χ0n) is 15.4. The van der Waals surface area contributed by atoms with Crippen molar-refractivity contribution >= 4 is 17.7 Å². The van der Waals surface area contributed by atoms with Crippen LogP contribution in [0.25, 0.3) is 0 Å². The lowest BCUT2D eigenvalue weighted by Gasteiger charge is -2.29. The van der Waals surface area contributed by atoms with Crippen molar-refractivity contribution in [3.8, 4) is 0 Å². The molecule has 2 N–H and O–H groups in total. The number of rotatable bonds is 3. The minimum absolute atomic E-state index is 0.155. The highest BCUT2D eigenvalue weighted by Gasteiger charge is 2.57. The summed E-state index contributed by atoms with van der Waals surface area (Å²) < 4.78 is 11.0. The molecule has 3 aliphatic rings.